The molecule has 1 heterocycles. The van der Waals surface area contributed by atoms with Gasteiger partial charge in [-0.05, 0) is 30.5 Å². The zero-order valence-corrected chi connectivity index (χ0v) is 12.7. The van der Waals surface area contributed by atoms with Crippen molar-refractivity contribution >= 4 is 10.9 Å². The summed E-state index contributed by atoms with van der Waals surface area (Å²) in [6, 6.07) is 10.9. The summed E-state index contributed by atoms with van der Waals surface area (Å²) in [6.45, 7) is 8.83. The van der Waals surface area contributed by atoms with Gasteiger partial charge in [-0.25, -0.2) is 0 Å². The van der Waals surface area contributed by atoms with E-state index in [4.69, 9.17) is 4.74 Å². The first-order chi connectivity index (χ1) is 9.86. The van der Waals surface area contributed by atoms with Crippen LogP contribution in [0.2, 0.25) is 0 Å². The Bertz CT molecular complexity index is 519. The van der Waals surface area contributed by atoms with Crippen LogP contribution in [0.3, 0.4) is 0 Å². The first-order valence-corrected chi connectivity index (χ1v) is 7.72. The number of para-hydroxylation sites is 1. The van der Waals surface area contributed by atoms with Crippen molar-refractivity contribution in [3.05, 3.63) is 36.0 Å². The quantitative estimate of drug-likeness (QED) is 0.708. The van der Waals surface area contributed by atoms with Gasteiger partial charge in [-0.1, -0.05) is 38.5 Å². The van der Waals surface area contributed by atoms with Gasteiger partial charge in [-0.3, -0.25) is 0 Å². The van der Waals surface area contributed by atoms with Gasteiger partial charge in [0.2, 0.25) is 0 Å². The zero-order chi connectivity index (χ0) is 14.2. The molecule has 0 saturated carbocycles. The van der Waals surface area contributed by atoms with E-state index >= 15 is 0 Å². The molecule has 110 valence electrons. The number of benzene rings is 1. The van der Waals surface area contributed by atoms with Gasteiger partial charge in [0.05, 0.1) is 6.61 Å². The van der Waals surface area contributed by atoms with Crippen LogP contribution in [-0.2, 0) is 17.8 Å². The third-order valence-electron chi connectivity index (χ3n) is 3.55. The second-order valence-corrected chi connectivity index (χ2v) is 5.09. The van der Waals surface area contributed by atoms with E-state index in [0.29, 0.717) is 0 Å². The molecule has 0 atom stereocenters. The molecule has 0 saturated heterocycles. The molecule has 1 N–H and O–H groups in total. The third-order valence-corrected chi connectivity index (χ3v) is 3.55. The Kier molecular flexibility index (Phi) is 6.09. The molecule has 0 spiro atoms. The first-order valence-electron chi connectivity index (χ1n) is 7.72. The Morgan fingerprint density at radius 2 is 2.00 bits per heavy atom. The fraction of sp³-hybridized carbons (Fsp3) is 0.529. The first kappa shape index (κ1) is 15.1. The molecule has 0 amide bonds. The summed E-state index contributed by atoms with van der Waals surface area (Å²) in [6.07, 6.45) is 2.34. The Morgan fingerprint density at radius 1 is 1.15 bits per heavy atom. The maximum atomic E-state index is 5.71. The monoisotopic (exact) mass is 274 g/mol. The van der Waals surface area contributed by atoms with E-state index in [1.54, 1.807) is 0 Å². The summed E-state index contributed by atoms with van der Waals surface area (Å²) in [5.41, 5.74) is 2.65. The van der Waals surface area contributed by atoms with Gasteiger partial charge in [0.25, 0.3) is 0 Å². The van der Waals surface area contributed by atoms with Crippen LogP contribution >= 0.6 is 0 Å². The Balaban J connectivity index is 2.07. The third kappa shape index (κ3) is 3.84. The minimum absolute atomic E-state index is 0.789. The van der Waals surface area contributed by atoms with Crippen molar-refractivity contribution in [3.63, 3.8) is 0 Å². The lowest BCUT2D eigenvalue weighted by Crippen LogP contribution is -2.17. The average molecular weight is 274 g/mol. The number of hydrogen-bond acceptors (Lipinski definition) is 2. The van der Waals surface area contributed by atoms with Gasteiger partial charge < -0.3 is 14.6 Å². The van der Waals surface area contributed by atoms with Gasteiger partial charge in [-0.2, -0.15) is 0 Å². The maximum absolute atomic E-state index is 5.71. The van der Waals surface area contributed by atoms with Crippen LogP contribution in [0.1, 0.15) is 32.4 Å². The predicted molar refractivity (Wildman–Crippen MR) is 85.0 cm³/mol. The summed E-state index contributed by atoms with van der Waals surface area (Å²) >= 11 is 0. The molecule has 0 bridgehead atoms. The molecule has 0 aliphatic heterocycles. The fourth-order valence-corrected chi connectivity index (χ4v) is 2.44. The number of fused-ring (bicyclic) bond motifs is 1. The van der Waals surface area contributed by atoms with Gasteiger partial charge in [-0.15, -0.1) is 0 Å². The second-order valence-electron chi connectivity index (χ2n) is 5.09. The van der Waals surface area contributed by atoms with Crippen LogP contribution in [0.4, 0.5) is 0 Å². The summed E-state index contributed by atoms with van der Waals surface area (Å²) in [5, 5.41) is 4.73. The summed E-state index contributed by atoms with van der Waals surface area (Å²) in [7, 11) is 0. The van der Waals surface area contributed by atoms with Crippen molar-refractivity contribution in [2.75, 3.05) is 19.8 Å². The maximum Gasteiger partial charge on any atom is 0.0645 e. The topological polar surface area (TPSA) is 26.2 Å². The number of hydrogen-bond donors (Lipinski definition) is 1. The Labute approximate surface area is 121 Å². The number of nitrogens with one attached hydrogen (secondary N) is 1. The molecular weight excluding hydrogens is 248 g/mol. The normalized spacial score (nSPS) is 11.3. The number of nitrogens with zero attached hydrogens (tertiary/aromatic N) is 1. The number of ether oxygens (including phenoxy) is 1. The van der Waals surface area contributed by atoms with Crippen LogP contribution in [0.25, 0.3) is 10.9 Å². The van der Waals surface area contributed by atoms with E-state index in [9.17, 15) is 0 Å². The molecule has 3 heteroatoms. The van der Waals surface area contributed by atoms with Crippen molar-refractivity contribution in [2.24, 2.45) is 0 Å². The molecule has 1 aromatic carbocycles. The lowest BCUT2D eigenvalue weighted by atomic mass is 10.2. The van der Waals surface area contributed by atoms with Crippen LogP contribution in [0.15, 0.2) is 30.3 Å². The Morgan fingerprint density at radius 3 is 2.80 bits per heavy atom. The molecule has 3 nitrogen and oxygen atoms in total. The molecule has 0 unspecified atom stereocenters. The lowest BCUT2D eigenvalue weighted by molar-refractivity contribution is 0.124. The highest BCUT2D eigenvalue weighted by atomic mass is 16.5. The standard InChI is InChI=1S/C17H26N2O/c1-3-5-11-20-12-10-19-16(14-18-4-2)13-15-8-6-7-9-17(15)19/h6-9,13,18H,3-5,10-12,14H2,1-2H3. The van der Waals surface area contributed by atoms with Gasteiger partial charge in [0.1, 0.15) is 0 Å². The smallest absolute Gasteiger partial charge is 0.0645 e. The minimum atomic E-state index is 0.789. The number of rotatable bonds is 9. The fourth-order valence-electron chi connectivity index (χ4n) is 2.44. The van der Waals surface area contributed by atoms with Crippen LogP contribution in [0, 0.1) is 0 Å². The number of aromatic nitrogens is 1. The zero-order valence-electron chi connectivity index (χ0n) is 12.7. The van der Waals surface area contributed by atoms with E-state index in [1.165, 1.54) is 23.0 Å². The average Bonchev–Trinajstić information content (AvgIpc) is 2.83. The van der Waals surface area contributed by atoms with Crippen LogP contribution < -0.4 is 5.32 Å². The van der Waals surface area contributed by atoms with Crippen LogP contribution in [-0.4, -0.2) is 24.3 Å². The summed E-state index contributed by atoms with van der Waals surface area (Å²) in [5.74, 6) is 0. The van der Waals surface area contributed by atoms with Gasteiger partial charge >= 0.3 is 0 Å². The van der Waals surface area contributed by atoms with Crippen molar-refractivity contribution in [1.29, 1.82) is 0 Å². The molecule has 20 heavy (non-hydrogen) atoms. The summed E-state index contributed by atoms with van der Waals surface area (Å²) in [4.78, 5) is 0. The van der Waals surface area contributed by atoms with Crippen LogP contribution in [0.5, 0.6) is 0 Å². The molecule has 0 fully saturated rings. The molecule has 0 radical (unpaired) electrons. The molecule has 2 aromatic rings. The van der Waals surface area contributed by atoms with Crippen molar-refractivity contribution in [2.45, 2.75) is 39.8 Å². The minimum Gasteiger partial charge on any atom is -0.380 e. The highest BCUT2D eigenvalue weighted by molar-refractivity contribution is 5.81. The number of unbranched alkanes of at least 4 members (excludes halogenated alkanes) is 1. The highest BCUT2D eigenvalue weighted by Crippen LogP contribution is 2.19. The van der Waals surface area contributed by atoms with Gasteiger partial charge in [0, 0.05) is 30.9 Å². The molecule has 1 aromatic heterocycles. The SMILES string of the molecule is CCCCOCCn1c(CNCC)cc2ccccc21. The van der Waals surface area contributed by atoms with Crippen molar-refractivity contribution in [3.8, 4) is 0 Å². The summed E-state index contributed by atoms with van der Waals surface area (Å²) < 4.78 is 8.09. The molecular formula is C17H26N2O. The van der Waals surface area contributed by atoms with E-state index in [-0.39, 0.29) is 0 Å². The van der Waals surface area contributed by atoms with E-state index < -0.39 is 0 Å². The predicted octanol–water partition coefficient (Wildman–Crippen LogP) is 3.57. The van der Waals surface area contributed by atoms with Crippen molar-refractivity contribution in [1.82, 2.24) is 9.88 Å². The molecule has 0 aliphatic carbocycles. The molecule has 2 rings (SSSR count). The Hall–Kier alpha value is -1.32. The highest BCUT2D eigenvalue weighted by Gasteiger charge is 2.07. The van der Waals surface area contributed by atoms with Crippen molar-refractivity contribution < 1.29 is 4.74 Å². The van der Waals surface area contributed by atoms with Gasteiger partial charge in [0.15, 0.2) is 0 Å². The molecule has 0 aliphatic rings. The largest absolute Gasteiger partial charge is 0.380 e. The van der Waals surface area contributed by atoms with E-state index in [0.717, 1.165) is 39.3 Å². The second kappa shape index (κ2) is 8.08. The van der Waals surface area contributed by atoms with E-state index in [1.807, 2.05) is 0 Å². The van der Waals surface area contributed by atoms with E-state index in [2.05, 4.69) is 54.1 Å². The lowest BCUT2D eigenvalue weighted by Gasteiger charge is -2.11.